The SMILES string of the molecule is CC[C@@H](C)NC(=O)[C@H](C)N(Cc1cccc(OC)c1)C(=O)CSCc1c(Cl)cccc1Cl. The zero-order valence-corrected chi connectivity index (χ0v) is 21.2. The number of nitrogens with one attached hydrogen (secondary N) is 1. The molecule has 0 saturated heterocycles. The highest BCUT2D eigenvalue weighted by molar-refractivity contribution is 7.99. The van der Waals surface area contributed by atoms with E-state index in [1.165, 1.54) is 11.8 Å². The molecule has 2 rings (SSSR count). The molecule has 8 heteroatoms. The van der Waals surface area contributed by atoms with Crippen LogP contribution in [-0.2, 0) is 21.9 Å². The molecule has 0 radical (unpaired) electrons. The molecule has 0 unspecified atom stereocenters. The molecule has 0 bridgehead atoms. The summed E-state index contributed by atoms with van der Waals surface area (Å²) in [5, 5.41) is 4.12. The van der Waals surface area contributed by atoms with E-state index in [4.69, 9.17) is 27.9 Å². The van der Waals surface area contributed by atoms with Crippen molar-refractivity contribution >= 4 is 46.8 Å². The Labute approximate surface area is 204 Å². The summed E-state index contributed by atoms with van der Waals surface area (Å²) in [4.78, 5) is 27.6. The van der Waals surface area contributed by atoms with Crippen molar-refractivity contribution in [2.75, 3.05) is 12.9 Å². The third kappa shape index (κ3) is 7.61. The van der Waals surface area contributed by atoms with Gasteiger partial charge in [0.05, 0.1) is 12.9 Å². The highest BCUT2D eigenvalue weighted by atomic mass is 35.5. The fourth-order valence-electron chi connectivity index (χ4n) is 3.01. The van der Waals surface area contributed by atoms with E-state index in [9.17, 15) is 9.59 Å². The van der Waals surface area contributed by atoms with Crippen molar-refractivity contribution in [1.82, 2.24) is 10.2 Å². The van der Waals surface area contributed by atoms with Crippen LogP contribution >= 0.6 is 35.0 Å². The minimum Gasteiger partial charge on any atom is -0.497 e. The lowest BCUT2D eigenvalue weighted by Crippen LogP contribution is -2.50. The molecule has 0 saturated carbocycles. The molecule has 0 aliphatic rings. The van der Waals surface area contributed by atoms with Crippen LogP contribution in [0.5, 0.6) is 5.75 Å². The van der Waals surface area contributed by atoms with Crippen molar-refractivity contribution in [3.63, 3.8) is 0 Å². The van der Waals surface area contributed by atoms with Crippen molar-refractivity contribution in [2.24, 2.45) is 0 Å². The Morgan fingerprint density at radius 2 is 1.78 bits per heavy atom. The molecule has 0 heterocycles. The first-order valence-corrected chi connectivity index (χ1v) is 12.4. The molecule has 2 atom stereocenters. The highest BCUT2D eigenvalue weighted by Crippen LogP contribution is 2.28. The summed E-state index contributed by atoms with van der Waals surface area (Å²) in [5.41, 5.74) is 1.69. The van der Waals surface area contributed by atoms with Gasteiger partial charge in [-0.05, 0) is 55.7 Å². The van der Waals surface area contributed by atoms with Crippen LogP contribution in [0.15, 0.2) is 42.5 Å². The average molecular weight is 497 g/mol. The van der Waals surface area contributed by atoms with Gasteiger partial charge < -0.3 is 15.0 Å². The first-order valence-electron chi connectivity index (χ1n) is 10.5. The molecule has 0 spiro atoms. The predicted molar refractivity (Wildman–Crippen MR) is 134 cm³/mol. The fourth-order valence-corrected chi connectivity index (χ4v) is 4.66. The second kappa shape index (κ2) is 13.0. The van der Waals surface area contributed by atoms with Crippen LogP contribution in [0.2, 0.25) is 10.0 Å². The lowest BCUT2D eigenvalue weighted by Gasteiger charge is -2.29. The van der Waals surface area contributed by atoms with Crippen molar-refractivity contribution in [3.05, 3.63) is 63.6 Å². The number of nitrogens with zero attached hydrogens (tertiary/aromatic N) is 1. The summed E-state index contributed by atoms with van der Waals surface area (Å²) in [7, 11) is 1.60. The van der Waals surface area contributed by atoms with Gasteiger partial charge in [0, 0.05) is 28.4 Å². The maximum absolute atomic E-state index is 13.2. The van der Waals surface area contributed by atoms with E-state index in [0.717, 1.165) is 17.5 Å². The summed E-state index contributed by atoms with van der Waals surface area (Å²) in [6.07, 6.45) is 0.816. The number of amides is 2. The Bertz CT molecular complexity index is 906. The molecule has 0 fully saturated rings. The van der Waals surface area contributed by atoms with Gasteiger partial charge in [-0.3, -0.25) is 9.59 Å². The van der Waals surface area contributed by atoms with Crippen LogP contribution in [0.1, 0.15) is 38.3 Å². The number of thioether (sulfide) groups is 1. The Balaban J connectivity index is 2.14. The first-order chi connectivity index (χ1) is 15.3. The topological polar surface area (TPSA) is 58.6 Å². The smallest absolute Gasteiger partial charge is 0.242 e. The van der Waals surface area contributed by atoms with Crippen LogP contribution < -0.4 is 10.1 Å². The number of rotatable bonds is 11. The third-order valence-corrected chi connectivity index (χ3v) is 6.84. The highest BCUT2D eigenvalue weighted by Gasteiger charge is 2.27. The monoisotopic (exact) mass is 496 g/mol. The molecule has 2 aromatic carbocycles. The zero-order valence-electron chi connectivity index (χ0n) is 18.9. The number of methoxy groups -OCH3 is 1. The van der Waals surface area contributed by atoms with Gasteiger partial charge in [-0.2, -0.15) is 0 Å². The number of benzene rings is 2. The van der Waals surface area contributed by atoms with Crippen LogP contribution in [0.4, 0.5) is 0 Å². The van der Waals surface area contributed by atoms with Gasteiger partial charge >= 0.3 is 0 Å². The van der Waals surface area contributed by atoms with Gasteiger partial charge in [-0.15, -0.1) is 11.8 Å². The van der Waals surface area contributed by atoms with Crippen LogP contribution in [0.25, 0.3) is 0 Å². The van der Waals surface area contributed by atoms with Crippen molar-refractivity contribution < 1.29 is 14.3 Å². The van der Waals surface area contributed by atoms with E-state index in [1.54, 1.807) is 37.1 Å². The Hall–Kier alpha value is -1.89. The van der Waals surface area contributed by atoms with Crippen LogP contribution in [-0.4, -0.2) is 41.7 Å². The molecule has 0 aliphatic heterocycles. The molecule has 5 nitrogen and oxygen atoms in total. The summed E-state index contributed by atoms with van der Waals surface area (Å²) >= 11 is 13.9. The molecular formula is C24H30Cl2N2O3S. The fraction of sp³-hybridized carbons (Fsp3) is 0.417. The second-order valence-electron chi connectivity index (χ2n) is 7.56. The first kappa shape index (κ1) is 26.4. The summed E-state index contributed by atoms with van der Waals surface area (Å²) in [6, 6.07) is 12.3. The number of halogens is 2. The molecule has 2 aromatic rings. The Kier molecular flexibility index (Phi) is 10.7. The van der Waals surface area contributed by atoms with Gasteiger partial charge in [0.25, 0.3) is 0 Å². The molecule has 0 aromatic heterocycles. The zero-order chi connectivity index (χ0) is 23.7. The summed E-state index contributed by atoms with van der Waals surface area (Å²) in [6.45, 7) is 6.01. The summed E-state index contributed by atoms with van der Waals surface area (Å²) in [5.74, 6) is 1.11. The molecule has 174 valence electrons. The number of ether oxygens (including phenoxy) is 1. The lowest BCUT2D eigenvalue weighted by molar-refractivity contribution is -0.138. The maximum atomic E-state index is 13.2. The van der Waals surface area contributed by atoms with Crippen molar-refractivity contribution in [1.29, 1.82) is 0 Å². The normalized spacial score (nSPS) is 12.7. The number of hydrogen-bond donors (Lipinski definition) is 1. The largest absolute Gasteiger partial charge is 0.497 e. The van der Waals surface area contributed by atoms with E-state index in [0.29, 0.717) is 28.1 Å². The molecule has 1 N–H and O–H groups in total. The van der Waals surface area contributed by atoms with Crippen molar-refractivity contribution in [2.45, 2.75) is 51.6 Å². The van der Waals surface area contributed by atoms with E-state index in [-0.39, 0.29) is 23.6 Å². The Morgan fingerprint density at radius 1 is 1.12 bits per heavy atom. The van der Waals surface area contributed by atoms with Gasteiger partial charge in [0.15, 0.2) is 0 Å². The minimum absolute atomic E-state index is 0.0375. The van der Waals surface area contributed by atoms with Gasteiger partial charge in [0.2, 0.25) is 11.8 Å². The van der Waals surface area contributed by atoms with Crippen LogP contribution in [0, 0.1) is 0 Å². The molecule has 2 amide bonds. The lowest BCUT2D eigenvalue weighted by atomic mass is 10.1. The van der Waals surface area contributed by atoms with Gasteiger partial charge in [-0.1, -0.05) is 48.3 Å². The van der Waals surface area contributed by atoms with E-state index in [2.05, 4.69) is 5.32 Å². The average Bonchev–Trinajstić information content (AvgIpc) is 2.78. The molecular weight excluding hydrogens is 467 g/mol. The number of carbonyl (C=O) groups excluding carboxylic acids is 2. The van der Waals surface area contributed by atoms with Gasteiger partial charge in [-0.25, -0.2) is 0 Å². The number of carbonyl (C=O) groups is 2. The Morgan fingerprint density at radius 3 is 2.41 bits per heavy atom. The molecule has 32 heavy (non-hydrogen) atoms. The molecule has 0 aliphatic carbocycles. The predicted octanol–water partition coefficient (Wildman–Crippen LogP) is 5.57. The standard InChI is InChI=1S/C24H30Cl2N2O3S/c1-5-16(2)27-24(30)17(3)28(13-18-8-6-9-19(12-18)31-4)23(29)15-32-14-20-21(25)10-7-11-22(20)26/h6-12,16-17H,5,13-15H2,1-4H3,(H,27,30)/t16-,17+/m1/s1. The van der Waals surface area contributed by atoms with E-state index in [1.807, 2.05) is 38.1 Å². The van der Waals surface area contributed by atoms with E-state index >= 15 is 0 Å². The van der Waals surface area contributed by atoms with E-state index < -0.39 is 6.04 Å². The van der Waals surface area contributed by atoms with Crippen LogP contribution in [0.3, 0.4) is 0 Å². The van der Waals surface area contributed by atoms with Gasteiger partial charge in [0.1, 0.15) is 11.8 Å². The van der Waals surface area contributed by atoms with Crippen molar-refractivity contribution in [3.8, 4) is 5.75 Å². The number of hydrogen-bond acceptors (Lipinski definition) is 4. The minimum atomic E-state index is -0.618. The second-order valence-corrected chi connectivity index (χ2v) is 9.36. The quantitative estimate of drug-likeness (QED) is 0.441. The maximum Gasteiger partial charge on any atom is 0.242 e. The summed E-state index contributed by atoms with van der Waals surface area (Å²) < 4.78 is 5.30. The third-order valence-electron chi connectivity index (χ3n) is 5.19.